The zero-order valence-corrected chi connectivity index (χ0v) is 40.7. The number of aromatic nitrogens is 2. The van der Waals surface area contributed by atoms with Gasteiger partial charge in [0.25, 0.3) is 0 Å². The Bertz CT molecular complexity index is 3070. The molecule has 70 heavy (non-hydrogen) atoms. The van der Waals surface area contributed by atoms with Crippen LogP contribution in [0.25, 0.3) is 5.69 Å². The number of nitrogens with zero attached hydrogens (tertiary/aromatic N) is 4. The molecule has 5 atom stereocenters. The highest BCUT2D eigenvalue weighted by atomic mass is 32.2. The first-order valence-electron chi connectivity index (χ1n) is 22.5. The van der Waals surface area contributed by atoms with Crippen molar-refractivity contribution in [1.29, 1.82) is 0 Å². The van der Waals surface area contributed by atoms with Crippen LogP contribution < -0.4 is 9.60 Å². The second kappa shape index (κ2) is 22.3. The fourth-order valence-electron chi connectivity index (χ4n) is 7.22. The van der Waals surface area contributed by atoms with Crippen molar-refractivity contribution in [3.05, 3.63) is 213 Å². The van der Waals surface area contributed by atoms with Crippen molar-refractivity contribution in [2.24, 2.45) is 9.98 Å². The highest BCUT2D eigenvalue weighted by molar-refractivity contribution is 7.99. The first-order valence-corrected chi connectivity index (χ1v) is 24.2. The highest BCUT2D eigenvalue weighted by Crippen LogP contribution is 2.38. The van der Waals surface area contributed by atoms with Crippen LogP contribution in [0.2, 0.25) is 0 Å². The maximum atomic E-state index is 14.4. The first kappa shape index (κ1) is 49.0. The van der Waals surface area contributed by atoms with Crippen LogP contribution in [0, 0.1) is 13.8 Å². The van der Waals surface area contributed by atoms with Crippen molar-refractivity contribution < 1.29 is 42.9 Å². The smallest absolute Gasteiger partial charge is 0.338 e. The SMILES string of the molecule is Cc1ccc(N=c2nc(SC3O[C@H](COC(=O)c4ccccc4)[C@@H](OC(=O)c4ccccc4)[C@H](OC(=O)c4ccccc4)[C@H]3OC(=O)c3ccccc3)n(-c3ccc(C)cc3)c(=NC(C)(C)C)s2)cc1. The lowest BCUT2D eigenvalue weighted by Gasteiger charge is -2.44. The van der Waals surface area contributed by atoms with E-state index in [-0.39, 0.29) is 22.3 Å². The Morgan fingerprint density at radius 3 is 1.53 bits per heavy atom. The molecule has 0 N–H and O–H groups in total. The number of hydrogen-bond acceptors (Lipinski definition) is 14. The Kier molecular flexibility index (Phi) is 15.6. The lowest BCUT2D eigenvalue weighted by atomic mass is 9.98. The molecule has 1 aromatic heterocycles. The van der Waals surface area contributed by atoms with Gasteiger partial charge in [0, 0.05) is 0 Å². The van der Waals surface area contributed by atoms with E-state index in [1.807, 2.05) is 87.7 Å². The van der Waals surface area contributed by atoms with E-state index in [0.717, 1.165) is 22.9 Å². The predicted octanol–water partition coefficient (Wildman–Crippen LogP) is 9.83. The molecular formula is C55H50N4O9S2. The summed E-state index contributed by atoms with van der Waals surface area (Å²) in [6.45, 7) is 9.44. The predicted molar refractivity (Wildman–Crippen MR) is 266 cm³/mol. The minimum absolute atomic E-state index is 0.172. The second-order valence-corrected chi connectivity index (χ2v) is 19.3. The van der Waals surface area contributed by atoms with E-state index in [4.69, 9.17) is 38.7 Å². The van der Waals surface area contributed by atoms with E-state index in [1.165, 1.54) is 11.3 Å². The molecule has 0 spiro atoms. The minimum atomic E-state index is -1.57. The monoisotopic (exact) mass is 974 g/mol. The molecule has 1 fully saturated rings. The number of ether oxygens (including phenoxy) is 5. The van der Waals surface area contributed by atoms with Crippen molar-refractivity contribution >= 4 is 52.7 Å². The average Bonchev–Trinajstić information content (AvgIpc) is 3.36. The van der Waals surface area contributed by atoms with Gasteiger partial charge in [-0.25, -0.2) is 24.2 Å². The third-order valence-corrected chi connectivity index (χ3v) is 12.6. The van der Waals surface area contributed by atoms with Crippen LogP contribution >= 0.6 is 23.1 Å². The summed E-state index contributed by atoms with van der Waals surface area (Å²) in [6, 6.07) is 48.7. The molecule has 2 heterocycles. The van der Waals surface area contributed by atoms with Gasteiger partial charge in [-0.05, 0) is 107 Å². The van der Waals surface area contributed by atoms with Crippen LogP contribution in [0.3, 0.4) is 0 Å². The van der Waals surface area contributed by atoms with Crippen molar-refractivity contribution in [1.82, 2.24) is 9.55 Å². The standard InChI is InChI=1S/C55H50N4O9S2/c1-35-26-30-41(31-27-35)56-52-57-53(59(42-32-28-36(2)29-33-42)54(70-52)58-55(3,4)5)69-51-46(68-50(63)40-24-16-9-17-25-40)45(67-49(62)39-22-14-8-15-23-39)44(66-48(61)38-20-12-7-13-21-38)43(65-51)34-64-47(60)37-18-10-6-11-19-37/h6-33,43-46,51H,34H2,1-5H3/t43-,44-,45+,46-,51?/m1/s1. The van der Waals surface area contributed by atoms with Gasteiger partial charge < -0.3 is 23.7 Å². The van der Waals surface area contributed by atoms with Gasteiger partial charge in [-0.2, -0.15) is 4.98 Å². The second-order valence-electron chi connectivity index (χ2n) is 17.3. The fraction of sp³-hybridized carbons (Fsp3) is 0.218. The van der Waals surface area contributed by atoms with Crippen molar-refractivity contribution in [3.63, 3.8) is 0 Å². The number of carbonyl (C=O) groups excluding carboxylic acids is 4. The molecule has 0 radical (unpaired) electrons. The molecule has 8 rings (SSSR count). The molecule has 15 heteroatoms. The van der Waals surface area contributed by atoms with Crippen molar-refractivity contribution in [2.45, 2.75) is 75.2 Å². The molecule has 356 valence electrons. The summed E-state index contributed by atoms with van der Waals surface area (Å²) >= 11 is 2.32. The van der Waals surface area contributed by atoms with Gasteiger partial charge in [-0.1, -0.05) is 131 Å². The fourth-order valence-corrected chi connectivity index (χ4v) is 9.57. The summed E-state index contributed by atoms with van der Waals surface area (Å²) in [7, 11) is 0. The Hall–Kier alpha value is -7.46. The molecule has 1 aliphatic rings. The minimum Gasteiger partial charge on any atom is -0.459 e. The van der Waals surface area contributed by atoms with E-state index >= 15 is 0 Å². The van der Waals surface area contributed by atoms with Gasteiger partial charge in [0.1, 0.15) is 12.7 Å². The molecule has 0 bridgehead atoms. The third kappa shape index (κ3) is 12.6. The molecular weight excluding hydrogens is 925 g/mol. The number of rotatable bonds is 13. The number of benzene rings is 6. The van der Waals surface area contributed by atoms with Crippen molar-refractivity contribution in [3.8, 4) is 5.69 Å². The summed E-state index contributed by atoms with van der Waals surface area (Å²) in [5, 5.41) is 0.301. The van der Waals surface area contributed by atoms with Gasteiger partial charge in [0.15, 0.2) is 33.7 Å². The van der Waals surface area contributed by atoms with Gasteiger partial charge in [-0.15, -0.1) is 0 Å². The lowest BCUT2D eigenvalue weighted by molar-refractivity contribution is -0.207. The zero-order chi connectivity index (χ0) is 49.2. The van der Waals surface area contributed by atoms with Crippen LogP contribution in [0.15, 0.2) is 185 Å². The summed E-state index contributed by atoms with van der Waals surface area (Å²) < 4.78 is 33.9. The number of thioether (sulfide) groups is 1. The molecule has 0 amide bonds. The molecule has 0 aliphatic carbocycles. The maximum Gasteiger partial charge on any atom is 0.338 e. The van der Waals surface area contributed by atoms with Crippen LogP contribution in [0.4, 0.5) is 5.69 Å². The molecule has 1 unspecified atom stereocenters. The Balaban J connectivity index is 1.33. The Morgan fingerprint density at radius 1 is 0.600 bits per heavy atom. The number of carbonyl (C=O) groups is 4. The van der Waals surface area contributed by atoms with E-state index in [2.05, 4.69) is 0 Å². The van der Waals surface area contributed by atoms with E-state index in [0.29, 0.717) is 26.1 Å². The average molecular weight is 975 g/mol. The summed E-state index contributed by atoms with van der Waals surface area (Å²) in [5.74, 6) is -3.07. The summed E-state index contributed by atoms with van der Waals surface area (Å²) in [6.07, 6.45) is -5.94. The largest absolute Gasteiger partial charge is 0.459 e. The van der Waals surface area contributed by atoms with E-state index < -0.39 is 65.9 Å². The number of esters is 4. The molecule has 6 aromatic carbocycles. The molecule has 1 aliphatic heterocycles. The molecule has 1 saturated heterocycles. The summed E-state index contributed by atoms with van der Waals surface area (Å²) in [5.41, 5.74) is 2.35. The molecule has 7 aromatic rings. The third-order valence-electron chi connectivity index (χ3n) is 10.7. The zero-order valence-electron chi connectivity index (χ0n) is 39.0. The first-order chi connectivity index (χ1) is 33.8. The van der Waals surface area contributed by atoms with E-state index in [9.17, 15) is 19.2 Å². The topological polar surface area (TPSA) is 157 Å². The number of aryl methyl sites for hydroxylation is 2. The van der Waals surface area contributed by atoms with Crippen LogP contribution in [-0.2, 0) is 23.7 Å². The number of hydrogen-bond donors (Lipinski definition) is 0. The van der Waals surface area contributed by atoms with Crippen LogP contribution in [-0.4, -0.2) is 75.4 Å². The molecule has 0 saturated carbocycles. The van der Waals surface area contributed by atoms with Gasteiger partial charge in [-0.3, -0.25) is 9.56 Å². The maximum absolute atomic E-state index is 14.4. The van der Waals surface area contributed by atoms with Crippen LogP contribution in [0.5, 0.6) is 0 Å². The Morgan fingerprint density at radius 2 is 1.04 bits per heavy atom. The molecule has 13 nitrogen and oxygen atoms in total. The quantitative estimate of drug-likeness (QED) is 0.0801. The van der Waals surface area contributed by atoms with Gasteiger partial charge in [0.05, 0.1) is 39.2 Å². The van der Waals surface area contributed by atoms with E-state index in [1.54, 1.807) is 121 Å². The lowest BCUT2D eigenvalue weighted by Crippen LogP contribution is -2.62. The van der Waals surface area contributed by atoms with Crippen LogP contribution in [0.1, 0.15) is 73.3 Å². The van der Waals surface area contributed by atoms with Crippen molar-refractivity contribution in [2.75, 3.05) is 6.61 Å². The normalized spacial score (nSPS) is 18.4. The Labute approximate surface area is 413 Å². The summed E-state index contributed by atoms with van der Waals surface area (Å²) in [4.78, 5) is 72.6. The van der Waals surface area contributed by atoms with Gasteiger partial charge >= 0.3 is 23.9 Å². The highest BCUT2D eigenvalue weighted by Gasteiger charge is 2.54. The van der Waals surface area contributed by atoms with Gasteiger partial charge in [0.2, 0.25) is 4.80 Å².